The Labute approximate surface area is 153 Å². The lowest BCUT2D eigenvalue weighted by molar-refractivity contribution is -0.119. The highest BCUT2D eigenvalue weighted by molar-refractivity contribution is 7.96. The second kappa shape index (κ2) is 8.88. The number of aryl methyl sites for hydroxylation is 1. The van der Waals surface area contributed by atoms with Crippen LogP contribution in [-0.4, -0.2) is 41.6 Å². The lowest BCUT2D eigenvalue weighted by atomic mass is 9.88. The largest absolute Gasteiger partial charge is 0.326 e. The molecular formula is C18H24N4O2S. The Morgan fingerprint density at radius 3 is 2.36 bits per heavy atom. The van der Waals surface area contributed by atoms with Crippen LogP contribution in [0.2, 0.25) is 0 Å². The minimum atomic E-state index is -0.400. The quantitative estimate of drug-likeness (QED) is 0.625. The number of benzene rings is 1. The van der Waals surface area contributed by atoms with Crippen molar-refractivity contribution in [1.29, 1.82) is 5.26 Å². The molecule has 1 atom stereocenters. The number of amides is 3. The Bertz CT molecular complexity index is 678. The zero-order valence-corrected chi connectivity index (χ0v) is 15.7. The van der Waals surface area contributed by atoms with Gasteiger partial charge in [-0.25, -0.2) is 4.79 Å². The van der Waals surface area contributed by atoms with Gasteiger partial charge < -0.3 is 5.32 Å². The van der Waals surface area contributed by atoms with Crippen LogP contribution in [0.3, 0.4) is 0 Å². The molecule has 6 nitrogen and oxygen atoms in total. The number of rotatable bonds is 2. The summed E-state index contributed by atoms with van der Waals surface area (Å²) in [5, 5.41) is 13.4. The van der Waals surface area contributed by atoms with Crippen LogP contribution in [0.4, 0.5) is 4.79 Å². The van der Waals surface area contributed by atoms with Gasteiger partial charge in [0.05, 0.1) is 11.6 Å². The van der Waals surface area contributed by atoms with Gasteiger partial charge in [0.15, 0.2) is 0 Å². The van der Waals surface area contributed by atoms with Gasteiger partial charge >= 0.3 is 6.03 Å². The molecule has 3 amide bonds. The standard InChI is InChI=1S/C14H18N2S.C4H6N2O2/c1-11-9-13(3-4-14(11)10-15)12-5-7-16(17-2)8-6-12;1-2-3(7)6-4(8)5-2/h3-4,9,12H,5-8H2,1-2H3;2H,1H3,(H2,5,6,7,8). The van der Waals surface area contributed by atoms with Crippen molar-refractivity contribution in [2.75, 3.05) is 19.3 Å². The van der Waals surface area contributed by atoms with Crippen molar-refractivity contribution in [3.8, 4) is 6.07 Å². The molecule has 2 saturated heterocycles. The molecule has 0 saturated carbocycles. The maximum absolute atomic E-state index is 10.4. The Kier molecular flexibility index (Phi) is 6.85. The molecule has 0 bridgehead atoms. The van der Waals surface area contributed by atoms with E-state index in [4.69, 9.17) is 5.26 Å². The lowest BCUT2D eigenvalue weighted by Gasteiger charge is -2.30. The van der Waals surface area contributed by atoms with E-state index in [0.717, 1.165) is 11.1 Å². The summed E-state index contributed by atoms with van der Waals surface area (Å²) in [7, 11) is 0. The van der Waals surface area contributed by atoms with Gasteiger partial charge in [0, 0.05) is 13.1 Å². The van der Waals surface area contributed by atoms with E-state index in [-0.39, 0.29) is 11.9 Å². The summed E-state index contributed by atoms with van der Waals surface area (Å²) >= 11 is 1.84. The fraction of sp³-hybridized carbons (Fsp3) is 0.500. The average Bonchev–Trinajstić information content (AvgIpc) is 2.91. The molecule has 2 heterocycles. The number of urea groups is 1. The van der Waals surface area contributed by atoms with E-state index in [2.05, 4.69) is 39.4 Å². The highest BCUT2D eigenvalue weighted by Crippen LogP contribution is 2.30. The third kappa shape index (κ3) is 5.21. The maximum Gasteiger partial charge on any atom is 0.322 e. The van der Waals surface area contributed by atoms with E-state index >= 15 is 0 Å². The second-order valence-corrected chi connectivity index (χ2v) is 7.14. The van der Waals surface area contributed by atoms with Crippen LogP contribution in [-0.2, 0) is 4.79 Å². The number of nitrogens with one attached hydrogen (secondary N) is 2. The summed E-state index contributed by atoms with van der Waals surface area (Å²) < 4.78 is 2.42. The topological polar surface area (TPSA) is 85.2 Å². The third-order valence-electron chi connectivity index (χ3n) is 4.53. The normalized spacial score (nSPS) is 21.0. The van der Waals surface area contributed by atoms with E-state index in [1.807, 2.05) is 24.9 Å². The summed E-state index contributed by atoms with van der Waals surface area (Å²) in [4.78, 5) is 20.6. The summed E-state index contributed by atoms with van der Waals surface area (Å²) in [6.07, 6.45) is 4.60. The second-order valence-electron chi connectivity index (χ2n) is 6.26. The number of hydrogen-bond donors (Lipinski definition) is 2. The Hall–Kier alpha value is -2.04. The van der Waals surface area contributed by atoms with E-state index in [1.165, 1.54) is 31.5 Å². The van der Waals surface area contributed by atoms with Gasteiger partial charge in [0.25, 0.3) is 0 Å². The van der Waals surface area contributed by atoms with Crippen molar-refractivity contribution in [2.45, 2.75) is 38.6 Å². The molecule has 3 rings (SSSR count). The van der Waals surface area contributed by atoms with Gasteiger partial charge in [-0.3, -0.25) is 14.4 Å². The Balaban J connectivity index is 0.000000236. The number of nitrogens with zero attached hydrogens (tertiary/aromatic N) is 2. The molecule has 0 aromatic heterocycles. The van der Waals surface area contributed by atoms with E-state index in [1.54, 1.807) is 6.92 Å². The first-order valence-electron chi connectivity index (χ1n) is 8.35. The first-order valence-corrected chi connectivity index (χ1v) is 9.53. The van der Waals surface area contributed by atoms with Gasteiger partial charge in [-0.2, -0.15) is 5.26 Å². The van der Waals surface area contributed by atoms with Crippen molar-refractivity contribution in [3.05, 3.63) is 34.9 Å². The fourth-order valence-electron chi connectivity index (χ4n) is 2.96. The predicted octanol–water partition coefficient (Wildman–Crippen LogP) is 2.54. The van der Waals surface area contributed by atoms with Gasteiger partial charge in [-0.1, -0.05) is 24.1 Å². The molecule has 0 radical (unpaired) electrons. The molecule has 134 valence electrons. The smallest absolute Gasteiger partial charge is 0.322 e. The van der Waals surface area contributed by atoms with E-state index < -0.39 is 6.03 Å². The molecule has 1 unspecified atom stereocenters. The molecule has 0 aliphatic carbocycles. The highest BCUT2D eigenvalue weighted by Gasteiger charge is 2.24. The molecule has 2 aliphatic rings. The summed E-state index contributed by atoms with van der Waals surface area (Å²) in [6.45, 7) is 6.00. The van der Waals surface area contributed by atoms with Crippen LogP contribution in [0.5, 0.6) is 0 Å². The number of hydrogen-bond acceptors (Lipinski definition) is 5. The van der Waals surface area contributed by atoms with Crippen molar-refractivity contribution in [3.63, 3.8) is 0 Å². The van der Waals surface area contributed by atoms with Crippen LogP contribution in [0.15, 0.2) is 18.2 Å². The predicted molar refractivity (Wildman–Crippen MR) is 99.1 cm³/mol. The number of imide groups is 1. The third-order valence-corrected chi connectivity index (χ3v) is 5.41. The average molecular weight is 360 g/mol. The molecule has 1 aromatic carbocycles. The van der Waals surface area contributed by atoms with Crippen molar-refractivity contribution in [2.24, 2.45) is 0 Å². The van der Waals surface area contributed by atoms with Gasteiger partial charge in [0.2, 0.25) is 5.91 Å². The van der Waals surface area contributed by atoms with E-state index in [0.29, 0.717) is 5.92 Å². The highest BCUT2D eigenvalue weighted by atomic mass is 32.2. The van der Waals surface area contributed by atoms with Crippen molar-refractivity contribution >= 4 is 23.9 Å². The SMILES string of the molecule is CC1NC(=O)NC1=O.CSN1CCC(c2ccc(C#N)c(C)c2)CC1. The van der Waals surface area contributed by atoms with Crippen molar-refractivity contribution < 1.29 is 9.59 Å². The molecule has 25 heavy (non-hydrogen) atoms. The van der Waals surface area contributed by atoms with Gasteiger partial charge in [-0.05, 0) is 56.1 Å². The number of piperidine rings is 1. The molecule has 2 aliphatic heterocycles. The van der Waals surface area contributed by atoms with Crippen molar-refractivity contribution in [1.82, 2.24) is 14.9 Å². The maximum atomic E-state index is 10.4. The zero-order chi connectivity index (χ0) is 18.4. The number of carbonyl (C=O) groups is 2. The van der Waals surface area contributed by atoms with Crippen LogP contribution in [0.1, 0.15) is 42.4 Å². The molecule has 7 heteroatoms. The van der Waals surface area contributed by atoms with Crippen LogP contribution < -0.4 is 10.6 Å². The molecule has 2 N–H and O–H groups in total. The van der Waals surface area contributed by atoms with Gasteiger partial charge in [0.1, 0.15) is 6.04 Å². The molecular weight excluding hydrogens is 336 g/mol. The first kappa shape index (κ1) is 19.3. The fourth-order valence-corrected chi connectivity index (χ4v) is 3.53. The minimum Gasteiger partial charge on any atom is -0.326 e. The Morgan fingerprint density at radius 2 is 1.96 bits per heavy atom. The van der Waals surface area contributed by atoms with Crippen LogP contribution in [0.25, 0.3) is 0 Å². The molecule has 2 fully saturated rings. The zero-order valence-electron chi connectivity index (χ0n) is 14.8. The molecule has 1 aromatic rings. The van der Waals surface area contributed by atoms with Crippen LogP contribution >= 0.6 is 11.9 Å². The summed E-state index contributed by atoms with van der Waals surface area (Å²) in [5.41, 5.74) is 3.31. The molecule has 0 spiro atoms. The van der Waals surface area contributed by atoms with Crippen LogP contribution in [0, 0.1) is 18.3 Å². The first-order chi connectivity index (χ1) is 11.9. The summed E-state index contributed by atoms with van der Waals surface area (Å²) in [5.74, 6) is 0.417. The number of nitriles is 1. The number of carbonyl (C=O) groups excluding carboxylic acids is 2. The monoisotopic (exact) mass is 360 g/mol. The summed E-state index contributed by atoms with van der Waals surface area (Å²) in [6, 6.07) is 7.76. The minimum absolute atomic E-state index is 0.255. The van der Waals surface area contributed by atoms with E-state index in [9.17, 15) is 9.59 Å². The lowest BCUT2D eigenvalue weighted by Crippen LogP contribution is -2.27. The Morgan fingerprint density at radius 1 is 1.28 bits per heavy atom. The van der Waals surface area contributed by atoms with Gasteiger partial charge in [-0.15, -0.1) is 0 Å².